The molecule has 3 rings (SSSR count). The van der Waals surface area contributed by atoms with Crippen LogP contribution in [0.4, 0.5) is 10.5 Å². The molecule has 2 fully saturated rings. The fraction of sp³-hybridized carbons (Fsp3) is 0.529. The number of fused-ring (bicyclic) bond motifs is 1. The zero-order chi connectivity index (χ0) is 18.2. The molecule has 25 heavy (non-hydrogen) atoms. The van der Waals surface area contributed by atoms with Gasteiger partial charge in [0.1, 0.15) is 0 Å². The van der Waals surface area contributed by atoms with Crippen molar-refractivity contribution in [2.45, 2.75) is 31.1 Å². The van der Waals surface area contributed by atoms with Crippen molar-refractivity contribution >= 4 is 27.5 Å². The van der Waals surface area contributed by atoms with Crippen molar-refractivity contribution in [1.29, 1.82) is 0 Å². The summed E-state index contributed by atoms with van der Waals surface area (Å²) >= 11 is 0. The van der Waals surface area contributed by atoms with Crippen LogP contribution < -0.4 is 5.32 Å². The predicted octanol–water partition coefficient (Wildman–Crippen LogP) is 2.20. The maximum Gasteiger partial charge on any atom is 0.321 e. The van der Waals surface area contributed by atoms with Crippen LogP contribution >= 0.6 is 0 Å². The molecule has 1 saturated carbocycles. The first-order valence-electron chi connectivity index (χ1n) is 8.40. The lowest BCUT2D eigenvalue weighted by atomic mass is 9.81. The average molecular weight is 366 g/mol. The third-order valence-corrected chi connectivity index (χ3v) is 7.18. The third kappa shape index (κ3) is 3.10. The first-order valence-corrected chi connectivity index (χ1v) is 10.1. The van der Waals surface area contributed by atoms with Gasteiger partial charge in [-0.05, 0) is 43.0 Å². The van der Waals surface area contributed by atoms with Crippen molar-refractivity contribution < 1.29 is 23.1 Å². The molecule has 8 heteroatoms. The maximum atomic E-state index is 12.5. The molecule has 0 spiro atoms. The number of nitrogens with zero attached hydrogens (tertiary/aromatic N) is 1. The number of likely N-dealkylation sites (tertiary alicyclic amines) is 1. The van der Waals surface area contributed by atoms with Crippen LogP contribution in [0.1, 0.15) is 26.2 Å². The molecule has 0 radical (unpaired) electrons. The number of anilines is 1. The Morgan fingerprint density at radius 2 is 2.00 bits per heavy atom. The average Bonchev–Trinajstić information content (AvgIpc) is 3.13. The predicted molar refractivity (Wildman–Crippen MR) is 92.2 cm³/mol. The molecule has 0 unspecified atom stereocenters. The third-order valence-electron chi connectivity index (χ3n) is 5.43. The fourth-order valence-corrected chi connectivity index (χ4v) is 4.79. The number of aliphatic carboxylic acids is 1. The normalized spacial score (nSPS) is 25.6. The molecule has 0 aromatic heterocycles. The second-order valence-corrected chi connectivity index (χ2v) is 9.07. The number of nitrogens with one attached hydrogen (secondary N) is 1. The Morgan fingerprint density at radius 1 is 1.32 bits per heavy atom. The van der Waals surface area contributed by atoms with Crippen molar-refractivity contribution in [2.24, 2.45) is 11.3 Å². The number of rotatable bonds is 4. The van der Waals surface area contributed by atoms with Gasteiger partial charge in [-0.15, -0.1) is 0 Å². The molecular weight excluding hydrogens is 344 g/mol. The Labute approximate surface area is 146 Å². The molecule has 2 aliphatic rings. The van der Waals surface area contributed by atoms with Gasteiger partial charge in [0.2, 0.25) is 0 Å². The van der Waals surface area contributed by atoms with Gasteiger partial charge < -0.3 is 15.3 Å². The number of benzene rings is 1. The Morgan fingerprint density at radius 3 is 2.56 bits per heavy atom. The van der Waals surface area contributed by atoms with E-state index in [9.17, 15) is 23.1 Å². The quantitative estimate of drug-likeness (QED) is 0.850. The molecule has 1 aromatic carbocycles. The van der Waals surface area contributed by atoms with Crippen molar-refractivity contribution in [1.82, 2.24) is 4.90 Å². The van der Waals surface area contributed by atoms with Crippen LogP contribution in [0.5, 0.6) is 0 Å². The lowest BCUT2D eigenvalue weighted by Gasteiger charge is -2.23. The molecule has 1 saturated heterocycles. The summed E-state index contributed by atoms with van der Waals surface area (Å²) in [5.74, 6) is -0.794. The molecule has 1 aromatic rings. The zero-order valence-corrected chi connectivity index (χ0v) is 14.9. The SMILES string of the molecule is CCS(=O)(=O)c1ccc(NC(=O)N2C[C@@H]3CCC[C@@]3(C(=O)O)C2)cc1. The van der Waals surface area contributed by atoms with E-state index in [1.54, 1.807) is 24.0 Å². The largest absolute Gasteiger partial charge is 0.481 e. The maximum absolute atomic E-state index is 12.5. The van der Waals surface area contributed by atoms with Gasteiger partial charge in [0.25, 0.3) is 0 Å². The van der Waals surface area contributed by atoms with E-state index in [2.05, 4.69) is 5.32 Å². The molecule has 0 bridgehead atoms. The number of amides is 2. The summed E-state index contributed by atoms with van der Waals surface area (Å²) in [6, 6.07) is 5.67. The Hall–Kier alpha value is -2.09. The van der Waals surface area contributed by atoms with E-state index < -0.39 is 21.2 Å². The summed E-state index contributed by atoms with van der Waals surface area (Å²) in [5, 5.41) is 12.3. The van der Waals surface area contributed by atoms with Crippen molar-refractivity contribution in [3.05, 3.63) is 24.3 Å². The van der Waals surface area contributed by atoms with Crippen LogP contribution in [0, 0.1) is 11.3 Å². The second kappa shape index (κ2) is 6.33. The standard InChI is InChI=1S/C17H22N2O5S/c1-2-25(23,24)14-7-5-13(6-8-14)18-16(22)19-10-12-4-3-9-17(12,11-19)15(20)21/h5-8,12H,2-4,9-11H2,1H3,(H,18,22)(H,20,21)/t12-,17+/m0/s1. The lowest BCUT2D eigenvalue weighted by Crippen LogP contribution is -2.38. The molecular formula is C17H22N2O5S. The molecule has 7 nitrogen and oxygen atoms in total. The number of carbonyl (C=O) groups excluding carboxylic acids is 1. The molecule has 2 atom stereocenters. The van der Waals surface area contributed by atoms with E-state index in [0.29, 0.717) is 18.7 Å². The number of carboxylic acid groups (broad SMARTS) is 1. The van der Waals surface area contributed by atoms with E-state index in [-0.39, 0.29) is 29.1 Å². The van der Waals surface area contributed by atoms with Gasteiger partial charge in [-0.25, -0.2) is 13.2 Å². The van der Waals surface area contributed by atoms with E-state index in [1.165, 1.54) is 12.1 Å². The van der Waals surface area contributed by atoms with Gasteiger partial charge in [-0.3, -0.25) is 4.79 Å². The summed E-state index contributed by atoms with van der Waals surface area (Å²) in [7, 11) is -3.28. The minimum Gasteiger partial charge on any atom is -0.481 e. The van der Waals surface area contributed by atoms with E-state index in [1.807, 2.05) is 0 Å². The van der Waals surface area contributed by atoms with Crippen LogP contribution in [0.2, 0.25) is 0 Å². The van der Waals surface area contributed by atoms with E-state index in [4.69, 9.17) is 0 Å². The summed E-state index contributed by atoms with van der Waals surface area (Å²) < 4.78 is 23.6. The highest BCUT2D eigenvalue weighted by atomic mass is 32.2. The van der Waals surface area contributed by atoms with Gasteiger partial charge in [0.15, 0.2) is 9.84 Å². The first-order chi connectivity index (χ1) is 11.8. The van der Waals surface area contributed by atoms with Gasteiger partial charge in [0, 0.05) is 18.8 Å². The van der Waals surface area contributed by atoms with Crippen molar-refractivity contribution in [3.8, 4) is 0 Å². The smallest absolute Gasteiger partial charge is 0.321 e. The lowest BCUT2D eigenvalue weighted by molar-refractivity contribution is -0.149. The number of carboxylic acids is 1. The molecule has 1 aliphatic carbocycles. The van der Waals surface area contributed by atoms with Crippen LogP contribution in [0.3, 0.4) is 0 Å². The molecule has 1 aliphatic heterocycles. The molecule has 2 N–H and O–H groups in total. The molecule has 136 valence electrons. The van der Waals surface area contributed by atoms with Crippen LogP contribution in [0.15, 0.2) is 29.2 Å². The fourth-order valence-electron chi connectivity index (χ4n) is 3.91. The summed E-state index contributed by atoms with van der Waals surface area (Å²) in [4.78, 5) is 25.9. The van der Waals surface area contributed by atoms with Crippen LogP contribution in [0.25, 0.3) is 0 Å². The Kier molecular flexibility index (Phi) is 4.49. The van der Waals surface area contributed by atoms with Crippen molar-refractivity contribution in [3.63, 3.8) is 0 Å². The highest BCUT2D eigenvalue weighted by molar-refractivity contribution is 7.91. The highest BCUT2D eigenvalue weighted by Crippen LogP contribution is 2.48. The molecule has 2 amide bonds. The number of urea groups is 1. The minimum absolute atomic E-state index is 0.00724. The van der Waals surface area contributed by atoms with Crippen LogP contribution in [-0.2, 0) is 14.6 Å². The van der Waals surface area contributed by atoms with Crippen molar-refractivity contribution in [2.75, 3.05) is 24.2 Å². The van der Waals surface area contributed by atoms with Gasteiger partial charge in [-0.2, -0.15) is 0 Å². The minimum atomic E-state index is -3.28. The monoisotopic (exact) mass is 366 g/mol. The Balaban J connectivity index is 1.68. The topological polar surface area (TPSA) is 104 Å². The summed E-state index contributed by atoms with van der Waals surface area (Å²) in [6.07, 6.45) is 2.33. The van der Waals surface area contributed by atoms with Gasteiger partial charge >= 0.3 is 12.0 Å². The van der Waals surface area contributed by atoms with Gasteiger partial charge in [0.05, 0.1) is 16.1 Å². The number of hydrogen-bond donors (Lipinski definition) is 2. The summed E-state index contributed by atoms with van der Waals surface area (Å²) in [5.41, 5.74) is -0.322. The second-order valence-electron chi connectivity index (χ2n) is 6.79. The van der Waals surface area contributed by atoms with Gasteiger partial charge in [-0.1, -0.05) is 13.3 Å². The number of sulfone groups is 1. The number of hydrogen-bond acceptors (Lipinski definition) is 4. The van der Waals surface area contributed by atoms with E-state index >= 15 is 0 Å². The van der Waals surface area contributed by atoms with E-state index in [0.717, 1.165) is 12.8 Å². The Bertz CT molecular complexity index is 790. The molecule has 1 heterocycles. The summed E-state index contributed by atoms with van der Waals surface area (Å²) in [6.45, 7) is 2.25. The first kappa shape index (κ1) is 17.7. The van der Waals surface area contributed by atoms with Crippen LogP contribution in [-0.4, -0.2) is 49.3 Å². The highest BCUT2D eigenvalue weighted by Gasteiger charge is 2.55. The number of carbonyl (C=O) groups is 2. The zero-order valence-electron chi connectivity index (χ0n) is 14.1.